The van der Waals surface area contributed by atoms with E-state index in [1.807, 2.05) is 9.80 Å². The molecule has 36 heavy (non-hydrogen) atoms. The lowest BCUT2D eigenvalue weighted by atomic mass is 10.0. The first kappa shape index (κ1) is 26.3. The van der Waals surface area contributed by atoms with Gasteiger partial charge in [0.05, 0.1) is 12.1 Å². The van der Waals surface area contributed by atoms with Crippen molar-refractivity contribution in [3.63, 3.8) is 0 Å². The summed E-state index contributed by atoms with van der Waals surface area (Å²) in [5.41, 5.74) is -0.712. The Morgan fingerprint density at radius 3 is 2.61 bits per heavy atom. The van der Waals surface area contributed by atoms with E-state index in [-0.39, 0.29) is 29.8 Å². The van der Waals surface area contributed by atoms with Crippen molar-refractivity contribution in [3.8, 4) is 11.8 Å². The van der Waals surface area contributed by atoms with Crippen molar-refractivity contribution < 1.29 is 22.8 Å². The summed E-state index contributed by atoms with van der Waals surface area (Å²) in [5.74, 6) is 6.37. The summed E-state index contributed by atoms with van der Waals surface area (Å²) < 4.78 is 39.1. The molecule has 1 N–H and O–H groups in total. The zero-order valence-corrected chi connectivity index (χ0v) is 20.7. The molecule has 1 aromatic rings. The molecular formula is C26H34F3N5O2. The average Bonchev–Trinajstić information content (AvgIpc) is 3.27. The molecule has 3 aliphatic rings. The number of alkyl halides is 3. The number of carbonyl (C=O) groups excluding carboxylic acids is 2. The Balaban J connectivity index is 1.24. The molecule has 2 amide bonds. The fourth-order valence-corrected chi connectivity index (χ4v) is 5.42. The second-order valence-corrected chi connectivity index (χ2v) is 9.85. The first-order chi connectivity index (χ1) is 17.2. The smallest absolute Gasteiger partial charge is 0.353 e. The number of halogens is 3. The van der Waals surface area contributed by atoms with Crippen LogP contribution in [0.25, 0.3) is 0 Å². The van der Waals surface area contributed by atoms with Gasteiger partial charge in [-0.3, -0.25) is 9.59 Å². The first-order valence-electron chi connectivity index (χ1n) is 12.7. The Kier molecular flexibility index (Phi) is 8.39. The normalized spacial score (nSPS) is 25.4. The van der Waals surface area contributed by atoms with Gasteiger partial charge < -0.3 is 20.0 Å². The highest BCUT2D eigenvalue weighted by molar-refractivity contribution is 5.79. The minimum atomic E-state index is -4.40. The molecule has 3 heterocycles. The van der Waals surface area contributed by atoms with E-state index in [0.717, 1.165) is 44.2 Å². The topological polar surface area (TPSA) is 68.8 Å². The van der Waals surface area contributed by atoms with Crippen molar-refractivity contribution in [2.24, 2.45) is 5.92 Å². The van der Waals surface area contributed by atoms with Gasteiger partial charge in [0.2, 0.25) is 11.8 Å². The first-order valence-corrected chi connectivity index (χ1v) is 12.7. The predicted octanol–water partition coefficient (Wildman–Crippen LogP) is 2.91. The molecule has 196 valence electrons. The van der Waals surface area contributed by atoms with Crippen LogP contribution in [-0.4, -0.2) is 78.0 Å². The second kappa shape index (κ2) is 11.5. The summed E-state index contributed by atoms with van der Waals surface area (Å²) in [4.78, 5) is 35.1. The Morgan fingerprint density at radius 2 is 1.89 bits per heavy atom. The van der Waals surface area contributed by atoms with E-state index >= 15 is 0 Å². The molecule has 3 unspecified atom stereocenters. The molecule has 7 nitrogen and oxygen atoms in total. The van der Waals surface area contributed by atoms with E-state index in [4.69, 9.17) is 0 Å². The predicted molar refractivity (Wildman–Crippen MR) is 130 cm³/mol. The van der Waals surface area contributed by atoms with Gasteiger partial charge in [-0.2, -0.15) is 13.2 Å². The number of piperazine rings is 1. The number of amides is 2. The second-order valence-electron chi connectivity index (χ2n) is 9.85. The molecule has 1 saturated carbocycles. The third-order valence-corrected chi connectivity index (χ3v) is 7.49. The van der Waals surface area contributed by atoms with Crippen LogP contribution in [0.1, 0.15) is 51.0 Å². The van der Waals surface area contributed by atoms with Gasteiger partial charge in [-0.05, 0) is 51.2 Å². The number of rotatable bonds is 5. The van der Waals surface area contributed by atoms with Crippen molar-refractivity contribution in [3.05, 3.63) is 23.9 Å². The maximum absolute atomic E-state index is 13.2. The van der Waals surface area contributed by atoms with Gasteiger partial charge in [0.25, 0.3) is 0 Å². The molecule has 1 aliphatic carbocycles. The number of likely N-dealkylation sites (tertiary alicyclic amines) is 1. The molecule has 1 aromatic heterocycles. The van der Waals surface area contributed by atoms with Gasteiger partial charge in [0, 0.05) is 63.3 Å². The van der Waals surface area contributed by atoms with Crippen LogP contribution in [0.3, 0.4) is 0 Å². The van der Waals surface area contributed by atoms with Crippen LogP contribution in [0.5, 0.6) is 0 Å². The molecule has 0 aromatic carbocycles. The quantitative estimate of drug-likeness (QED) is 0.624. The summed E-state index contributed by atoms with van der Waals surface area (Å²) >= 11 is 0. The lowest BCUT2D eigenvalue weighted by Crippen LogP contribution is -2.50. The minimum Gasteiger partial charge on any atom is -0.353 e. The van der Waals surface area contributed by atoms with Gasteiger partial charge in [-0.25, -0.2) is 4.98 Å². The highest BCUT2D eigenvalue weighted by Crippen LogP contribution is 2.32. The number of anilines is 1. The summed E-state index contributed by atoms with van der Waals surface area (Å²) in [6.07, 6.45) is 1.52. The number of hydrogen-bond donors (Lipinski definition) is 1. The van der Waals surface area contributed by atoms with Gasteiger partial charge in [-0.1, -0.05) is 5.92 Å². The van der Waals surface area contributed by atoms with E-state index in [9.17, 15) is 22.8 Å². The molecule has 3 atom stereocenters. The monoisotopic (exact) mass is 505 g/mol. The summed E-state index contributed by atoms with van der Waals surface area (Å²) in [6.45, 7) is 4.84. The van der Waals surface area contributed by atoms with E-state index in [1.54, 1.807) is 11.8 Å². The van der Waals surface area contributed by atoms with Crippen molar-refractivity contribution in [2.45, 2.75) is 63.7 Å². The average molecular weight is 506 g/mol. The van der Waals surface area contributed by atoms with Crippen molar-refractivity contribution >= 4 is 17.6 Å². The molecule has 4 rings (SSSR count). The molecule has 2 aliphatic heterocycles. The number of hydrogen-bond acceptors (Lipinski definition) is 5. The highest BCUT2D eigenvalue weighted by Gasteiger charge is 2.36. The van der Waals surface area contributed by atoms with E-state index in [0.29, 0.717) is 51.5 Å². The SMILES string of the molecule is CC#CCN1CCC(NC2CCC(C(=O)N3CCN(c4cc(C(F)(F)F)ccn4)CC3)C2)CCC1=O. The minimum absolute atomic E-state index is 0.0375. The Hall–Kier alpha value is -2.80. The van der Waals surface area contributed by atoms with E-state index in [2.05, 4.69) is 22.1 Å². The fourth-order valence-electron chi connectivity index (χ4n) is 5.42. The van der Waals surface area contributed by atoms with Crippen LogP contribution in [-0.2, 0) is 15.8 Å². The maximum Gasteiger partial charge on any atom is 0.416 e. The maximum atomic E-state index is 13.2. The highest BCUT2D eigenvalue weighted by atomic mass is 19.4. The van der Waals surface area contributed by atoms with Gasteiger partial charge in [-0.15, -0.1) is 5.92 Å². The van der Waals surface area contributed by atoms with Gasteiger partial charge in [0.1, 0.15) is 5.82 Å². The summed E-state index contributed by atoms with van der Waals surface area (Å²) in [5, 5.41) is 3.69. The molecule has 10 heteroatoms. The van der Waals surface area contributed by atoms with E-state index < -0.39 is 11.7 Å². The van der Waals surface area contributed by atoms with Crippen LogP contribution in [0.15, 0.2) is 18.3 Å². The lowest BCUT2D eigenvalue weighted by Gasteiger charge is -2.36. The van der Waals surface area contributed by atoms with Crippen molar-refractivity contribution in [2.75, 3.05) is 44.2 Å². The van der Waals surface area contributed by atoms with Gasteiger partial charge >= 0.3 is 6.18 Å². The zero-order chi connectivity index (χ0) is 25.7. The number of aromatic nitrogens is 1. The summed E-state index contributed by atoms with van der Waals surface area (Å²) in [7, 11) is 0. The van der Waals surface area contributed by atoms with Gasteiger partial charge in [0.15, 0.2) is 0 Å². The third kappa shape index (κ3) is 6.49. The molecular weight excluding hydrogens is 471 g/mol. The zero-order valence-electron chi connectivity index (χ0n) is 20.7. The Bertz CT molecular complexity index is 997. The molecule has 3 fully saturated rings. The van der Waals surface area contributed by atoms with Crippen LogP contribution in [0, 0.1) is 17.8 Å². The summed E-state index contributed by atoms with van der Waals surface area (Å²) in [6, 6.07) is 2.56. The molecule has 2 saturated heterocycles. The molecule has 0 spiro atoms. The fraction of sp³-hybridized carbons (Fsp3) is 0.654. The molecule has 0 bridgehead atoms. The van der Waals surface area contributed by atoms with Crippen LogP contribution < -0.4 is 10.2 Å². The number of pyridine rings is 1. The number of nitrogens with zero attached hydrogens (tertiary/aromatic N) is 4. The van der Waals surface area contributed by atoms with Crippen molar-refractivity contribution in [1.29, 1.82) is 0 Å². The van der Waals surface area contributed by atoms with E-state index in [1.165, 1.54) is 6.20 Å². The number of nitrogens with one attached hydrogen (secondary N) is 1. The lowest BCUT2D eigenvalue weighted by molar-refractivity contribution is -0.137. The Labute approximate surface area is 210 Å². The van der Waals surface area contributed by atoms with Crippen molar-refractivity contribution in [1.82, 2.24) is 20.1 Å². The molecule has 0 radical (unpaired) electrons. The number of carbonyl (C=O) groups is 2. The standard InChI is InChI=1S/C26H34F3N5O2/c1-2-3-11-33-12-9-21(6-7-24(33)35)31-22-5-4-19(17-22)25(36)34-15-13-32(14-16-34)23-18-20(8-10-30-23)26(27,28)29/h8,10,18-19,21-22,31H,4-7,9,11-17H2,1H3. The van der Waals surface area contributed by atoms with Crippen LogP contribution in [0.2, 0.25) is 0 Å². The van der Waals surface area contributed by atoms with Crippen LogP contribution in [0.4, 0.5) is 19.0 Å². The largest absolute Gasteiger partial charge is 0.416 e. The van der Waals surface area contributed by atoms with Crippen LogP contribution >= 0.6 is 0 Å². The Morgan fingerprint density at radius 1 is 1.11 bits per heavy atom. The third-order valence-electron chi connectivity index (χ3n) is 7.49.